The van der Waals surface area contributed by atoms with Crippen molar-refractivity contribution in [3.05, 3.63) is 72.4 Å². The smallest absolute Gasteiger partial charge is 0.219 e. The Bertz CT molecular complexity index is 902. The maximum atomic E-state index is 13.2. The lowest BCUT2D eigenvalue weighted by atomic mass is 10.3. The first-order valence-electron chi connectivity index (χ1n) is 9.61. The third-order valence-corrected chi connectivity index (χ3v) is 4.00. The van der Waals surface area contributed by atoms with Crippen LogP contribution in [0, 0.1) is 5.82 Å². The summed E-state index contributed by atoms with van der Waals surface area (Å²) in [5, 5.41) is 10.7. The summed E-state index contributed by atoms with van der Waals surface area (Å²) in [7, 11) is 0. The van der Waals surface area contributed by atoms with Crippen LogP contribution in [-0.4, -0.2) is 33.8 Å². The molecular weight excluding hydrogens is 498 g/mol. The van der Waals surface area contributed by atoms with Gasteiger partial charge in [-0.3, -0.25) is 4.68 Å². The van der Waals surface area contributed by atoms with Gasteiger partial charge in [0, 0.05) is 50.4 Å². The van der Waals surface area contributed by atoms with Crippen molar-refractivity contribution in [2.45, 2.75) is 26.4 Å². The zero-order valence-corrected chi connectivity index (χ0v) is 19.1. The lowest BCUT2D eigenvalue weighted by Crippen LogP contribution is -2.38. The van der Waals surface area contributed by atoms with Crippen LogP contribution >= 0.6 is 24.0 Å². The molecule has 0 amide bonds. The van der Waals surface area contributed by atoms with E-state index in [-0.39, 0.29) is 29.8 Å². The van der Waals surface area contributed by atoms with Crippen LogP contribution in [0.5, 0.6) is 11.6 Å². The monoisotopic (exact) mass is 524 g/mol. The third kappa shape index (κ3) is 7.97. The van der Waals surface area contributed by atoms with E-state index < -0.39 is 0 Å². The van der Waals surface area contributed by atoms with Crippen LogP contribution in [-0.2, 0) is 13.1 Å². The Hall–Kier alpha value is -2.69. The molecule has 3 aromatic rings. The largest absolute Gasteiger partial charge is 0.439 e. The van der Waals surface area contributed by atoms with Gasteiger partial charge in [-0.2, -0.15) is 5.10 Å². The fraction of sp³-hybridized carbons (Fsp3) is 0.286. The van der Waals surface area contributed by atoms with Crippen molar-refractivity contribution in [2.24, 2.45) is 4.99 Å². The highest BCUT2D eigenvalue weighted by molar-refractivity contribution is 14.0. The summed E-state index contributed by atoms with van der Waals surface area (Å²) in [6, 6.07) is 11.5. The van der Waals surface area contributed by atoms with Crippen LogP contribution in [0.3, 0.4) is 0 Å². The Labute approximate surface area is 192 Å². The molecule has 0 radical (unpaired) electrons. The Morgan fingerprint density at radius 1 is 1.20 bits per heavy atom. The van der Waals surface area contributed by atoms with E-state index >= 15 is 0 Å². The van der Waals surface area contributed by atoms with Gasteiger partial charge in [0.1, 0.15) is 11.6 Å². The van der Waals surface area contributed by atoms with Crippen LogP contribution in [0.15, 0.2) is 66.0 Å². The fourth-order valence-electron chi connectivity index (χ4n) is 2.61. The Morgan fingerprint density at radius 2 is 2.10 bits per heavy atom. The van der Waals surface area contributed by atoms with E-state index in [0.717, 1.165) is 37.6 Å². The number of aryl methyl sites for hydroxylation is 1. The first-order valence-corrected chi connectivity index (χ1v) is 9.61. The summed E-state index contributed by atoms with van der Waals surface area (Å²) >= 11 is 0. The van der Waals surface area contributed by atoms with Gasteiger partial charge in [-0.05, 0) is 37.1 Å². The maximum absolute atomic E-state index is 13.2. The minimum absolute atomic E-state index is 0. The lowest BCUT2D eigenvalue weighted by Gasteiger charge is -2.11. The molecule has 9 heteroatoms. The first kappa shape index (κ1) is 23.6. The van der Waals surface area contributed by atoms with Gasteiger partial charge in [-0.25, -0.2) is 14.4 Å². The normalized spacial score (nSPS) is 10.9. The highest BCUT2D eigenvalue weighted by atomic mass is 127. The van der Waals surface area contributed by atoms with E-state index in [1.807, 2.05) is 29.9 Å². The summed E-state index contributed by atoms with van der Waals surface area (Å²) in [6.07, 6.45) is 6.38. The molecule has 0 fully saturated rings. The summed E-state index contributed by atoms with van der Waals surface area (Å²) in [5.41, 5.74) is 0.949. The Morgan fingerprint density at radius 3 is 2.80 bits per heavy atom. The van der Waals surface area contributed by atoms with Gasteiger partial charge >= 0.3 is 0 Å². The molecule has 2 N–H and O–H groups in total. The molecule has 7 nitrogen and oxygen atoms in total. The van der Waals surface area contributed by atoms with Crippen LogP contribution in [0.4, 0.5) is 4.39 Å². The number of ether oxygens (including phenoxy) is 1. The fourth-order valence-corrected chi connectivity index (χ4v) is 2.61. The number of rotatable bonds is 9. The second-order valence-corrected chi connectivity index (χ2v) is 6.31. The standard InChI is InChI=1S/C21H25FN6O.HI/c1-2-23-21(24-10-4-12-28-13-5-11-27-28)26-16-17-8-9-20(25-15-17)29-19-7-3-6-18(22)14-19;/h3,5-9,11,13-15H,2,4,10,12,16H2,1H3,(H2,23,24,26);1H. The molecule has 0 atom stereocenters. The maximum Gasteiger partial charge on any atom is 0.219 e. The average molecular weight is 524 g/mol. The number of aliphatic imine (C=N–C) groups is 1. The van der Waals surface area contributed by atoms with E-state index in [9.17, 15) is 4.39 Å². The number of nitrogens with one attached hydrogen (secondary N) is 2. The zero-order chi connectivity index (χ0) is 20.3. The molecule has 160 valence electrons. The van der Waals surface area contributed by atoms with E-state index in [4.69, 9.17) is 4.74 Å². The van der Waals surface area contributed by atoms with Gasteiger partial charge in [0.2, 0.25) is 5.88 Å². The summed E-state index contributed by atoms with van der Waals surface area (Å²) in [5.74, 6) is 1.23. The van der Waals surface area contributed by atoms with Gasteiger partial charge in [-0.1, -0.05) is 12.1 Å². The number of hydrogen-bond acceptors (Lipinski definition) is 4. The van der Waals surface area contributed by atoms with Gasteiger partial charge in [0.15, 0.2) is 5.96 Å². The van der Waals surface area contributed by atoms with Crippen molar-refractivity contribution in [2.75, 3.05) is 13.1 Å². The molecule has 30 heavy (non-hydrogen) atoms. The van der Waals surface area contributed by atoms with E-state index in [1.54, 1.807) is 30.6 Å². The summed E-state index contributed by atoms with van der Waals surface area (Å²) in [4.78, 5) is 8.85. The number of halogens is 2. The van der Waals surface area contributed by atoms with Crippen LogP contribution in [0.1, 0.15) is 18.9 Å². The molecule has 0 unspecified atom stereocenters. The molecule has 0 bridgehead atoms. The van der Waals surface area contributed by atoms with Crippen LogP contribution in [0.25, 0.3) is 0 Å². The molecule has 0 aliphatic heterocycles. The molecular formula is C21H26FIN6O. The average Bonchev–Trinajstić information content (AvgIpc) is 3.24. The highest BCUT2D eigenvalue weighted by Crippen LogP contribution is 2.20. The second-order valence-electron chi connectivity index (χ2n) is 6.31. The summed E-state index contributed by atoms with van der Waals surface area (Å²) < 4.78 is 20.7. The van der Waals surface area contributed by atoms with Gasteiger partial charge in [0.25, 0.3) is 0 Å². The second kappa shape index (κ2) is 12.8. The molecule has 0 aliphatic rings. The third-order valence-electron chi connectivity index (χ3n) is 4.00. The van der Waals surface area contributed by atoms with Gasteiger partial charge in [0.05, 0.1) is 6.54 Å². The first-order chi connectivity index (χ1) is 14.2. The van der Waals surface area contributed by atoms with Crippen molar-refractivity contribution in [1.29, 1.82) is 0 Å². The molecule has 2 heterocycles. The van der Waals surface area contributed by atoms with Crippen molar-refractivity contribution in [3.8, 4) is 11.6 Å². The molecule has 0 saturated carbocycles. The molecule has 3 rings (SSSR count). The Balaban J connectivity index is 0.00000320. The SMILES string of the molecule is CCNC(=NCc1ccc(Oc2cccc(F)c2)nc1)NCCCn1cccn1.I. The van der Waals surface area contributed by atoms with Crippen molar-refractivity contribution < 1.29 is 9.13 Å². The van der Waals surface area contributed by atoms with E-state index in [0.29, 0.717) is 18.2 Å². The molecule has 0 spiro atoms. The van der Waals surface area contributed by atoms with Crippen molar-refractivity contribution in [3.63, 3.8) is 0 Å². The molecule has 2 aromatic heterocycles. The summed E-state index contributed by atoms with van der Waals surface area (Å²) in [6.45, 7) is 4.95. The molecule has 1 aromatic carbocycles. The number of pyridine rings is 1. The zero-order valence-electron chi connectivity index (χ0n) is 16.8. The van der Waals surface area contributed by atoms with Crippen LogP contribution < -0.4 is 15.4 Å². The number of aromatic nitrogens is 3. The van der Waals surface area contributed by atoms with Crippen molar-refractivity contribution in [1.82, 2.24) is 25.4 Å². The number of benzene rings is 1. The number of hydrogen-bond donors (Lipinski definition) is 2. The van der Waals surface area contributed by atoms with E-state index in [1.165, 1.54) is 12.1 Å². The van der Waals surface area contributed by atoms with E-state index in [2.05, 4.69) is 25.7 Å². The topological polar surface area (TPSA) is 76.4 Å². The number of guanidine groups is 1. The predicted molar refractivity (Wildman–Crippen MR) is 126 cm³/mol. The minimum atomic E-state index is -0.346. The highest BCUT2D eigenvalue weighted by Gasteiger charge is 2.02. The lowest BCUT2D eigenvalue weighted by molar-refractivity contribution is 0.457. The molecule has 0 aliphatic carbocycles. The predicted octanol–water partition coefficient (Wildman–Crippen LogP) is 3.97. The van der Waals surface area contributed by atoms with Crippen molar-refractivity contribution >= 4 is 29.9 Å². The Kier molecular flexibility index (Phi) is 10.1. The quantitative estimate of drug-likeness (QED) is 0.192. The van der Waals surface area contributed by atoms with Gasteiger partial charge < -0.3 is 15.4 Å². The molecule has 0 saturated heterocycles. The van der Waals surface area contributed by atoms with Crippen LogP contribution in [0.2, 0.25) is 0 Å². The minimum Gasteiger partial charge on any atom is -0.439 e. The van der Waals surface area contributed by atoms with Gasteiger partial charge in [-0.15, -0.1) is 24.0 Å². The number of nitrogens with zero attached hydrogens (tertiary/aromatic N) is 4.